The highest BCUT2D eigenvalue weighted by Gasteiger charge is 2.19. The fraction of sp³-hybridized carbons (Fsp3) is 0.273. The van der Waals surface area contributed by atoms with Crippen molar-refractivity contribution < 1.29 is 17.6 Å². The Bertz CT molecular complexity index is 779. The molecule has 0 aliphatic carbocycles. The van der Waals surface area contributed by atoms with Crippen LogP contribution >= 0.6 is 0 Å². The average molecular weight is 392 g/mol. The van der Waals surface area contributed by atoms with Crippen LogP contribution in [-0.4, -0.2) is 9.97 Å². The minimum Gasteiger partial charge on any atom is -0.261 e. The smallest absolute Gasteiger partial charge is 0.165 e. The Morgan fingerprint density at radius 3 is 1.25 bits per heavy atom. The van der Waals surface area contributed by atoms with Gasteiger partial charge < -0.3 is 0 Å². The second-order valence-electron chi connectivity index (χ2n) is 6.40. The minimum absolute atomic E-state index is 0.629. The Labute approximate surface area is 163 Å². The molecule has 0 atom stereocenters. The number of hydrogen-bond acceptors (Lipinski definition) is 2. The van der Waals surface area contributed by atoms with Gasteiger partial charge in [-0.15, -0.1) is 0 Å². The van der Waals surface area contributed by atoms with Crippen molar-refractivity contribution >= 4 is 0 Å². The maximum absolute atomic E-state index is 12.7. The SMILES string of the molecule is Cc1c(F)c(F)c(C)c(F)c1F.Cc1ccc(C)nc1.Cc1cccc(C)n1. The Morgan fingerprint density at radius 2 is 1.00 bits per heavy atom. The number of aromatic nitrogens is 2. The van der Waals surface area contributed by atoms with Gasteiger partial charge in [-0.05, 0) is 65.3 Å². The van der Waals surface area contributed by atoms with E-state index in [0.717, 1.165) is 30.9 Å². The summed E-state index contributed by atoms with van der Waals surface area (Å²) in [6.45, 7) is 9.97. The van der Waals surface area contributed by atoms with E-state index in [9.17, 15) is 17.6 Å². The van der Waals surface area contributed by atoms with Gasteiger partial charge in [0, 0.05) is 34.4 Å². The quantitative estimate of drug-likeness (QED) is 0.333. The second kappa shape index (κ2) is 10.5. The summed E-state index contributed by atoms with van der Waals surface area (Å²) in [5.41, 5.74) is 3.22. The first kappa shape index (κ1) is 23.3. The number of hydrogen-bond donors (Lipinski definition) is 0. The molecule has 0 radical (unpaired) electrons. The first-order valence-electron chi connectivity index (χ1n) is 8.63. The van der Waals surface area contributed by atoms with E-state index >= 15 is 0 Å². The molecule has 3 aromatic rings. The van der Waals surface area contributed by atoms with Crippen molar-refractivity contribution in [2.45, 2.75) is 41.5 Å². The third kappa shape index (κ3) is 6.76. The number of benzene rings is 1. The zero-order chi connectivity index (χ0) is 21.4. The fourth-order valence-electron chi connectivity index (χ4n) is 2.07. The van der Waals surface area contributed by atoms with Crippen LogP contribution in [0, 0.1) is 64.8 Å². The highest BCUT2D eigenvalue weighted by atomic mass is 19.2. The summed E-state index contributed by atoms with van der Waals surface area (Å²) < 4.78 is 50.6. The molecule has 2 heterocycles. The minimum atomic E-state index is -1.33. The highest BCUT2D eigenvalue weighted by molar-refractivity contribution is 5.27. The molecule has 0 aliphatic rings. The van der Waals surface area contributed by atoms with Crippen molar-refractivity contribution in [3.8, 4) is 0 Å². The lowest BCUT2D eigenvalue weighted by Gasteiger charge is -2.04. The van der Waals surface area contributed by atoms with E-state index in [1.807, 2.05) is 58.2 Å². The van der Waals surface area contributed by atoms with Crippen LogP contribution in [0.5, 0.6) is 0 Å². The molecule has 6 heteroatoms. The van der Waals surface area contributed by atoms with E-state index in [4.69, 9.17) is 0 Å². The largest absolute Gasteiger partial charge is 0.261 e. The van der Waals surface area contributed by atoms with Gasteiger partial charge in [-0.3, -0.25) is 9.97 Å². The molecule has 3 rings (SSSR count). The molecular formula is C22H24F4N2. The van der Waals surface area contributed by atoms with Crippen molar-refractivity contribution in [1.29, 1.82) is 0 Å². The summed E-state index contributed by atoms with van der Waals surface area (Å²) in [7, 11) is 0. The standard InChI is InChI=1S/C8H6F4.2C7H9N/c1-3-5(9)7(11)4(2)8(12)6(3)10;1-6-3-4-7(2)8-5-6;1-6-4-3-5-7(2)8-6/h1-2H3;2*3-5H,1-2H3. The number of nitrogens with zero attached hydrogens (tertiary/aromatic N) is 2. The Kier molecular flexibility index (Phi) is 8.76. The number of rotatable bonds is 0. The molecule has 1 aromatic carbocycles. The number of halogens is 4. The summed E-state index contributed by atoms with van der Waals surface area (Å²) in [5.74, 6) is -5.31. The van der Waals surface area contributed by atoms with Crippen LogP contribution in [-0.2, 0) is 0 Å². The van der Waals surface area contributed by atoms with E-state index in [1.54, 1.807) is 0 Å². The second-order valence-corrected chi connectivity index (χ2v) is 6.40. The lowest BCUT2D eigenvalue weighted by Crippen LogP contribution is -2.02. The summed E-state index contributed by atoms with van der Waals surface area (Å²) in [6.07, 6.45) is 1.87. The van der Waals surface area contributed by atoms with Gasteiger partial charge >= 0.3 is 0 Å². The molecule has 0 N–H and O–H groups in total. The van der Waals surface area contributed by atoms with Gasteiger partial charge in [-0.25, -0.2) is 17.6 Å². The number of aryl methyl sites for hydroxylation is 4. The summed E-state index contributed by atoms with van der Waals surface area (Å²) in [6, 6.07) is 10.1. The van der Waals surface area contributed by atoms with Crippen molar-refractivity contribution in [3.63, 3.8) is 0 Å². The molecular weight excluding hydrogens is 368 g/mol. The molecule has 0 unspecified atom stereocenters. The van der Waals surface area contributed by atoms with Gasteiger partial charge in [0.25, 0.3) is 0 Å². The van der Waals surface area contributed by atoms with E-state index in [2.05, 4.69) is 16.0 Å². The van der Waals surface area contributed by atoms with Crippen molar-refractivity contribution in [3.05, 3.63) is 93.6 Å². The van der Waals surface area contributed by atoms with Crippen LogP contribution in [0.15, 0.2) is 36.5 Å². The molecule has 0 aliphatic heterocycles. The van der Waals surface area contributed by atoms with Crippen LogP contribution in [0.25, 0.3) is 0 Å². The van der Waals surface area contributed by atoms with Crippen LogP contribution in [0.2, 0.25) is 0 Å². The average Bonchev–Trinajstić information content (AvgIpc) is 2.66. The maximum atomic E-state index is 12.7. The predicted octanol–water partition coefficient (Wildman–Crippen LogP) is 6.26. The third-order valence-corrected chi connectivity index (χ3v) is 3.79. The molecule has 150 valence electrons. The molecule has 0 spiro atoms. The lowest BCUT2D eigenvalue weighted by atomic mass is 10.1. The molecule has 0 saturated carbocycles. The topological polar surface area (TPSA) is 25.8 Å². The van der Waals surface area contributed by atoms with E-state index in [-0.39, 0.29) is 0 Å². The van der Waals surface area contributed by atoms with Gasteiger partial charge in [-0.2, -0.15) is 0 Å². The van der Waals surface area contributed by atoms with Gasteiger partial charge in [0.15, 0.2) is 23.3 Å². The first-order valence-corrected chi connectivity index (χ1v) is 8.63. The summed E-state index contributed by atoms with van der Waals surface area (Å²) in [4.78, 5) is 8.25. The molecule has 0 fully saturated rings. The molecule has 2 nitrogen and oxygen atoms in total. The zero-order valence-corrected chi connectivity index (χ0v) is 16.9. The predicted molar refractivity (Wildman–Crippen MR) is 103 cm³/mol. The maximum Gasteiger partial charge on any atom is 0.165 e. The van der Waals surface area contributed by atoms with Crippen molar-refractivity contribution in [2.75, 3.05) is 0 Å². The lowest BCUT2D eigenvalue weighted by molar-refractivity contribution is 0.436. The van der Waals surface area contributed by atoms with Crippen LogP contribution < -0.4 is 0 Å². The Balaban J connectivity index is 0.000000217. The van der Waals surface area contributed by atoms with Crippen LogP contribution in [0.3, 0.4) is 0 Å². The van der Waals surface area contributed by atoms with E-state index in [1.165, 1.54) is 5.56 Å². The monoisotopic (exact) mass is 392 g/mol. The van der Waals surface area contributed by atoms with E-state index < -0.39 is 34.4 Å². The Hall–Kier alpha value is -2.76. The third-order valence-electron chi connectivity index (χ3n) is 3.79. The molecule has 0 saturated heterocycles. The molecule has 0 bridgehead atoms. The highest BCUT2D eigenvalue weighted by Crippen LogP contribution is 2.22. The van der Waals surface area contributed by atoms with Gasteiger partial charge in [0.2, 0.25) is 0 Å². The Morgan fingerprint density at radius 1 is 0.571 bits per heavy atom. The van der Waals surface area contributed by atoms with Crippen molar-refractivity contribution in [1.82, 2.24) is 9.97 Å². The molecule has 28 heavy (non-hydrogen) atoms. The van der Waals surface area contributed by atoms with Crippen LogP contribution in [0.4, 0.5) is 17.6 Å². The number of pyridine rings is 2. The van der Waals surface area contributed by atoms with Gasteiger partial charge in [0.1, 0.15) is 0 Å². The van der Waals surface area contributed by atoms with Gasteiger partial charge in [-0.1, -0.05) is 12.1 Å². The summed E-state index contributed by atoms with van der Waals surface area (Å²) in [5, 5.41) is 0. The van der Waals surface area contributed by atoms with Crippen molar-refractivity contribution in [2.24, 2.45) is 0 Å². The van der Waals surface area contributed by atoms with E-state index in [0.29, 0.717) is 0 Å². The zero-order valence-electron chi connectivity index (χ0n) is 16.9. The summed E-state index contributed by atoms with van der Waals surface area (Å²) >= 11 is 0. The van der Waals surface area contributed by atoms with Gasteiger partial charge in [0.05, 0.1) is 0 Å². The first-order chi connectivity index (χ1) is 13.0. The van der Waals surface area contributed by atoms with Crippen LogP contribution in [0.1, 0.15) is 33.8 Å². The normalized spacial score (nSPS) is 9.79. The fourth-order valence-corrected chi connectivity index (χ4v) is 2.07. The molecule has 2 aromatic heterocycles. The molecule has 0 amide bonds.